The van der Waals surface area contributed by atoms with Crippen LogP contribution in [0, 0.1) is 29.6 Å². The molecule has 18 heavy (non-hydrogen) atoms. The molecule has 0 aromatic carbocycles. The number of hydrogen-bond acceptors (Lipinski definition) is 2. The van der Waals surface area contributed by atoms with Crippen LogP contribution in [0.2, 0.25) is 0 Å². The molecule has 2 fully saturated rings. The fourth-order valence-corrected chi connectivity index (χ4v) is 4.20. The Hall–Kier alpha value is -0.370. The molecule has 104 valence electrons. The van der Waals surface area contributed by atoms with Crippen molar-refractivity contribution < 1.29 is 9.90 Å². The van der Waals surface area contributed by atoms with Gasteiger partial charge in [0.2, 0.25) is 0 Å². The maximum Gasteiger partial charge on any atom is 0.132 e. The standard InChI is InChI=1S/C16H28O2/c1-11-9-15(7-8-16(11)10-17)14-5-3-13(4-6-14)12(2)18/h11,13-17H,3-10H2,1-2H3. The quantitative estimate of drug-likeness (QED) is 0.835. The average Bonchev–Trinajstić information content (AvgIpc) is 2.38. The summed E-state index contributed by atoms with van der Waals surface area (Å²) in [6.07, 6.45) is 8.54. The molecule has 2 aliphatic carbocycles. The van der Waals surface area contributed by atoms with Crippen molar-refractivity contribution in [2.45, 2.75) is 58.8 Å². The van der Waals surface area contributed by atoms with E-state index in [2.05, 4.69) is 6.92 Å². The van der Waals surface area contributed by atoms with Crippen LogP contribution in [0.15, 0.2) is 0 Å². The topological polar surface area (TPSA) is 37.3 Å². The number of rotatable bonds is 3. The van der Waals surface area contributed by atoms with Crippen LogP contribution in [-0.4, -0.2) is 17.5 Å². The smallest absolute Gasteiger partial charge is 0.132 e. The molecule has 0 spiro atoms. The second kappa shape index (κ2) is 6.18. The van der Waals surface area contributed by atoms with E-state index in [1.165, 1.54) is 32.1 Å². The van der Waals surface area contributed by atoms with Crippen LogP contribution >= 0.6 is 0 Å². The summed E-state index contributed by atoms with van der Waals surface area (Å²) in [7, 11) is 0. The molecule has 0 aromatic heterocycles. The first-order valence-corrected chi connectivity index (χ1v) is 7.73. The summed E-state index contributed by atoms with van der Waals surface area (Å²) in [5.74, 6) is 3.67. The summed E-state index contributed by atoms with van der Waals surface area (Å²) in [5.41, 5.74) is 0. The second-order valence-corrected chi connectivity index (χ2v) is 6.72. The van der Waals surface area contributed by atoms with E-state index in [0.29, 0.717) is 30.1 Å². The van der Waals surface area contributed by atoms with Gasteiger partial charge in [0.05, 0.1) is 0 Å². The average molecular weight is 252 g/mol. The van der Waals surface area contributed by atoms with Crippen molar-refractivity contribution in [2.75, 3.05) is 6.61 Å². The van der Waals surface area contributed by atoms with E-state index in [1.807, 2.05) is 0 Å². The van der Waals surface area contributed by atoms with Crippen LogP contribution in [0.5, 0.6) is 0 Å². The number of carbonyl (C=O) groups excluding carboxylic acids is 1. The van der Waals surface area contributed by atoms with Crippen LogP contribution in [0.3, 0.4) is 0 Å². The third-order valence-corrected chi connectivity index (χ3v) is 5.64. The van der Waals surface area contributed by atoms with Gasteiger partial charge in [-0.25, -0.2) is 0 Å². The first kappa shape index (κ1) is 14.0. The highest BCUT2D eigenvalue weighted by molar-refractivity contribution is 5.78. The minimum absolute atomic E-state index is 0.354. The Balaban J connectivity index is 1.82. The second-order valence-electron chi connectivity index (χ2n) is 6.72. The highest BCUT2D eigenvalue weighted by Crippen LogP contribution is 2.43. The molecule has 1 N–H and O–H groups in total. The maximum atomic E-state index is 11.4. The normalized spacial score (nSPS) is 41.6. The highest BCUT2D eigenvalue weighted by Gasteiger charge is 2.34. The van der Waals surface area contributed by atoms with E-state index in [4.69, 9.17) is 0 Å². The van der Waals surface area contributed by atoms with Gasteiger partial charge in [0.1, 0.15) is 5.78 Å². The van der Waals surface area contributed by atoms with Crippen LogP contribution in [0.1, 0.15) is 58.8 Å². The number of Topliss-reactive ketones (excluding diaryl/α,β-unsaturated/α-hetero) is 1. The van der Waals surface area contributed by atoms with Crippen molar-refractivity contribution in [1.82, 2.24) is 0 Å². The van der Waals surface area contributed by atoms with Crippen LogP contribution in [-0.2, 0) is 4.79 Å². The third-order valence-electron chi connectivity index (χ3n) is 5.64. The van der Waals surface area contributed by atoms with Crippen LogP contribution in [0.4, 0.5) is 0 Å². The van der Waals surface area contributed by atoms with E-state index < -0.39 is 0 Å². The maximum absolute atomic E-state index is 11.4. The lowest BCUT2D eigenvalue weighted by Gasteiger charge is -2.40. The molecule has 2 nitrogen and oxygen atoms in total. The summed E-state index contributed by atoms with van der Waals surface area (Å²) in [6, 6.07) is 0. The molecule has 0 saturated heterocycles. The number of aliphatic hydroxyl groups excluding tert-OH is 1. The molecule has 2 saturated carbocycles. The van der Waals surface area contributed by atoms with E-state index in [-0.39, 0.29) is 0 Å². The van der Waals surface area contributed by atoms with Gasteiger partial charge in [-0.1, -0.05) is 6.92 Å². The van der Waals surface area contributed by atoms with Gasteiger partial charge in [-0.15, -0.1) is 0 Å². The Bertz CT molecular complexity index is 279. The van der Waals surface area contributed by atoms with Crippen molar-refractivity contribution >= 4 is 5.78 Å². The van der Waals surface area contributed by atoms with Gasteiger partial charge in [0, 0.05) is 12.5 Å². The Labute approximate surface area is 111 Å². The Kier molecular flexibility index (Phi) is 4.83. The third kappa shape index (κ3) is 3.14. The zero-order valence-corrected chi connectivity index (χ0v) is 11.9. The molecule has 2 rings (SSSR count). The number of hydrogen-bond donors (Lipinski definition) is 1. The van der Waals surface area contributed by atoms with E-state index in [0.717, 1.165) is 24.7 Å². The molecule has 2 aliphatic rings. The molecular formula is C16H28O2. The molecule has 0 radical (unpaired) electrons. The summed E-state index contributed by atoms with van der Waals surface area (Å²) in [4.78, 5) is 11.4. The summed E-state index contributed by atoms with van der Waals surface area (Å²) in [5, 5.41) is 9.32. The van der Waals surface area contributed by atoms with E-state index >= 15 is 0 Å². The van der Waals surface area contributed by atoms with Gasteiger partial charge in [-0.3, -0.25) is 4.79 Å². The molecular weight excluding hydrogens is 224 g/mol. The Morgan fingerprint density at radius 2 is 1.67 bits per heavy atom. The highest BCUT2D eigenvalue weighted by atomic mass is 16.3. The first-order chi connectivity index (χ1) is 8.61. The number of aliphatic hydroxyl groups is 1. The van der Waals surface area contributed by atoms with Crippen molar-refractivity contribution in [3.63, 3.8) is 0 Å². The molecule has 3 atom stereocenters. The van der Waals surface area contributed by atoms with E-state index in [1.54, 1.807) is 6.92 Å². The summed E-state index contributed by atoms with van der Waals surface area (Å²) < 4.78 is 0. The van der Waals surface area contributed by atoms with E-state index in [9.17, 15) is 9.90 Å². The minimum Gasteiger partial charge on any atom is -0.396 e. The van der Waals surface area contributed by atoms with Crippen LogP contribution < -0.4 is 0 Å². The minimum atomic E-state index is 0.354. The van der Waals surface area contributed by atoms with Crippen molar-refractivity contribution in [2.24, 2.45) is 29.6 Å². The van der Waals surface area contributed by atoms with Gasteiger partial charge in [0.15, 0.2) is 0 Å². The zero-order valence-electron chi connectivity index (χ0n) is 11.9. The predicted octanol–water partition coefficient (Wildman–Crippen LogP) is 3.43. The molecule has 0 bridgehead atoms. The molecule has 0 amide bonds. The van der Waals surface area contributed by atoms with Gasteiger partial charge in [-0.05, 0) is 75.5 Å². The molecule has 3 unspecified atom stereocenters. The fourth-order valence-electron chi connectivity index (χ4n) is 4.20. The Morgan fingerprint density at radius 3 is 2.17 bits per heavy atom. The van der Waals surface area contributed by atoms with Crippen molar-refractivity contribution in [3.8, 4) is 0 Å². The van der Waals surface area contributed by atoms with Crippen molar-refractivity contribution in [3.05, 3.63) is 0 Å². The molecule has 0 aliphatic heterocycles. The molecule has 0 aromatic rings. The number of carbonyl (C=O) groups is 1. The van der Waals surface area contributed by atoms with Crippen molar-refractivity contribution in [1.29, 1.82) is 0 Å². The van der Waals surface area contributed by atoms with Crippen LogP contribution in [0.25, 0.3) is 0 Å². The summed E-state index contributed by atoms with van der Waals surface area (Å²) in [6.45, 7) is 4.42. The lowest BCUT2D eigenvalue weighted by molar-refractivity contribution is -0.122. The summed E-state index contributed by atoms with van der Waals surface area (Å²) >= 11 is 0. The molecule has 0 heterocycles. The van der Waals surface area contributed by atoms with Gasteiger partial charge in [0.25, 0.3) is 0 Å². The number of ketones is 1. The lowest BCUT2D eigenvalue weighted by atomic mass is 9.66. The van der Waals surface area contributed by atoms with Gasteiger partial charge >= 0.3 is 0 Å². The lowest BCUT2D eigenvalue weighted by Crippen LogP contribution is -2.32. The van der Waals surface area contributed by atoms with Gasteiger partial charge < -0.3 is 5.11 Å². The SMILES string of the molecule is CC(=O)C1CCC(C2CCC(CO)C(C)C2)CC1. The zero-order chi connectivity index (χ0) is 13.1. The fraction of sp³-hybridized carbons (Fsp3) is 0.938. The van der Waals surface area contributed by atoms with Gasteiger partial charge in [-0.2, -0.15) is 0 Å². The first-order valence-electron chi connectivity index (χ1n) is 7.73. The largest absolute Gasteiger partial charge is 0.396 e. The predicted molar refractivity (Wildman–Crippen MR) is 73.2 cm³/mol. The molecule has 2 heteroatoms. The Morgan fingerprint density at radius 1 is 1.06 bits per heavy atom. The monoisotopic (exact) mass is 252 g/mol.